The van der Waals surface area contributed by atoms with Gasteiger partial charge in [0, 0.05) is 6.61 Å². The predicted molar refractivity (Wildman–Crippen MR) is 53.5 cm³/mol. The van der Waals surface area contributed by atoms with Crippen molar-refractivity contribution in [3.8, 4) is 0 Å². The van der Waals surface area contributed by atoms with Gasteiger partial charge in [0.05, 0.1) is 0 Å². The Labute approximate surface area is 80.7 Å². The number of rotatable bonds is 3. The molecule has 76 valence electrons. The molecule has 2 fully saturated rings. The van der Waals surface area contributed by atoms with E-state index in [0.29, 0.717) is 12.5 Å². The molecule has 2 atom stereocenters. The average Bonchev–Trinajstić information content (AvgIpc) is 2.76. The van der Waals surface area contributed by atoms with Crippen LogP contribution in [0.2, 0.25) is 0 Å². The van der Waals surface area contributed by atoms with E-state index in [1.54, 1.807) is 0 Å². The summed E-state index contributed by atoms with van der Waals surface area (Å²) in [5.74, 6) is 2.18. The van der Waals surface area contributed by atoms with Crippen molar-refractivity contribution in [2.75, 3.05) is 19.7 Å². The minimum absolute atomic E-state index is 0.414. The zero-order chi connectivity index (χ0) is 9.10. The first-order chi connectivity index (χ1) is 6.42. The molecule has 2 rings (SSSR count). The van der Waals surface area contributed by atoms with Gasteiger partial charge in [-0.25, -0.2) is 0 Å². The molecule has 0 aromatic rings. The van der Waals surface area contributed by atoms with E-state index in [-0.39, 0.29) is 0 Å². The molecule has 2 heteroatoms. The van der Waals surface area contributed by atoms with E-state index in [1.165, 1.54) is 32.1 Å². The van der Waals surface area contributed by atoms with Gasteiger partial charge < -0.3 is 10.4 Å². The number of nitrogens with one attached hydrogen (secondary N) is 1. The summed E-state index contributed by atoms with van der Waals surface area (Å²) in [5, 5.41) is 12.8. The Kier molecular flexibility index (Phi) is 3.23. The smallest absolute Gasteiger partial charge is 0.0465 e. The SMILES string of the molecule is OCC(C1CCCC1)C1CCNC1. The lowest BCUT2D eigenvalue weighted by atomic mass is 9.80. The highest BCUT2D eigenvalue weighted by atomic mass is 16.3. The zero-order valence-corrected chi connectivity index (χ0v) is 8.34. The van der Waals surface area contributed by atoms with Crippen LogP contribution in [0.15, 0.2) is 0 Å². The molecule has 1 aliphatic carbocycles. The molecule has 0 radical (unpaired) electrons. The maximum absolute atomic E-state index is 9.42. The minimum atomic E-state index is 0.414. The largest absolute Gasteiger partial charge is 0.396 e. The predicted octanol–water partition coefficient (Wildman–Crippen LogP) is 1.39. The molecule has 2 N–H and O–H groups in total. The zero-order valence-electron chi connectivity index (χ0n) is 8.34. The summed E-state index contributed by atoms with van der Waals surface area (Å²) in [4.78, 5) is 0. The topological polar surface area (TPSA) is 32.3 Å². The highest BCUT2D eigenvalue weighted by Gasteiger charge is 2.32. The van der Waals surface area contributed by atoms with E-state index in [4.69, 9.17) is 0 Å². The van der Waals surface area contributed by atoms with Gasteiger partial charge in [-0.05, 0) is 37.3 Å². The van der Waals surface area contributed by atoms with Crippen molar-refractivity contribution in [1.29, 1.82) is 0 Å². The summed E-state index contributed by atoms with van der Waals surface area (Å²) in [7, 11) is 0. The normalized spacial score (nSPS) is 32.5. The molecular formula is C11H21NO. The number of aliphatic hydroxyl groups excluding tert-OH is 1. The summed E-state index contributed by atoms with van der Waals surface area (Å²) in [6.07, 6.45) is 6.79. The van der Waals surface area contributed by atoms with Crippen LogP contribution in [-0.4, -0.2) is 24.8 Å². The van der Waals surface area contributed by atoms with Gasteiger partial charge >= 0.3 is 0 Å². The third-order valence-corrected chi connectivity index (χ3v) is 3.92. The second kappa shape index (κ2) is 4.43. The fourth-order valence-electron chi connectivity index (χ4n) is 3.11. The highest BCUT2D eigenvalue weighted by Crippen LogP contribution is 2.36. The Bertz CT molecular complexity index is 132. The van der Waals surface area contributed by atoms with E-state index < -0.39 is 0 Å². The van der Waals surface area contributed by atoms with Crippen molar-refractivity contribution in [2.24, 2.45) is 17.8 Å². The number of aliphatic hydroxyl groups is 1. The molecule has 0 bridgehead atoms. The van der Waals surface area contributed by atoms with Crippen LogP contribution in [0.4, 0.5) is 0 Å². The van der Waals surface area contributed by atoms with Crippen LogP contribution in [0.3, 0.4) is 0 Å². The Morgan fingerprint density at radius 3 is 2.46 bits per heavy atom. The Morgan fingerprint density at radius 2 is 1.92 bits per heavy atom. The third-order valence-electron chi connectivity index (χ3n) is 3.92. The van der Waals surface area contributed by atoms with E-state index >= 15 is 0 Å². The van der Waals surface area contributed by atoms with Gasteiger partial charge in [0.2, 0.25) is 0 Å². The fraction of sp³-hybridized carbons (Fsp3) is 1.00. The molecule has 13 heavy (non-hydrogen) atoms. The second-order valence-corrected chi connectivity index (χ2v) is 4.64. The molecule has 2 nitrogen and oxygen atoms in total. The van der Waals surface area contributed by atoms with E-state index in [9.17, 15) is 5.11 Å². The summed E-state index contributed by atoms with van der Waals surface area (Å²) in [6.45, 7) is 2.71. The van der Waals surface area contributed by atoms with Crippen molar-refractivity contribution >= 4 is 0 Å². The average molecular weight is 183 g/mol. The van der Waals surface area contributed by atoms with Gasteiger partial charge in [-0.3, -0.25) is 0 Å². The molecule has 1 saturated heterocycles. The van der Waals surface area contributed by atoms with Crippen molar-refractivity contribution in [2.45, 2.75) is 32.1 Å². The van der Waals surface area contributed by atoms with E-state index in [1.807, 2.05) is 0 Å². The maximum atomic E-state index is 9.42. The first-order valence-corrected chi connectivity index (χ1v) is 5.73. The van der Waals surface area contributed by atoms with Crippen molar-refractivity contribution in [3.63, 3.8) is 0 Å². The van der Waals surface area contributed by atoms with Gasteiger partial charge in [0.1, 0.15) is 0 Å². The molecule has 1 saturated carbocycles. The van der Waals surface area contributed by atoms with Crippen LogP contribution in [0, 0.1) is 17.8 Å². The maximum Gasteiger partial charge on any atom is 0.0465 e. The first kappa shape index (κ1) is 9.47. The summed E-state index contributed by atoms with van der Waals surface area (Å²) < 4.78 is 0. The van der Waals surface area contributed by atoms with Crippen molar-refractivity contribution in [1.82, 2.24) is 5.32 Å². The molecular weight excluding hydrogens is 162 g/mol. The van der Waals surface area contributed by atoms with Crippen LogP contribution in [0.1, 0.15) is 32.1 Å². The molecule has 0 spiro atoms. The molecule has 0 amide bonds. The van der Waals surface area contributed by atoms with Gasteiger partial charge in [-0.2, -0.15) is 0 Å². The third kappa shape index (κ3) is 2.05. The molecule has 0 aromatic carbocycles. The summed E-state index contributed by atoms with van der Waals surface area (Å²) in [5.41, 5.74) is 0. The standard InChI is InChI=1S/C11H21NO/c13-8-11(9-3-1-2-4-9)10-5-6-12-7-10/h9-13H,1-8H2. The molecule has 1 heterocycles. The number of hydrogen-bond acceptors (Lipinski definition) is 2. The van der Waals surface area contributed by atoms with Crippen molar-refractivity contribution in [3.05, 3.63) is 0 Å². The molecule has 2 unspecified atom stereocenters. The number of hydrogen-bond donors (Lipinski definition) is 2. The van der Waals surface area contributed by atoms with Crippen LogP contribution < -0.4 is 5.32 Å². The Morgan fingerprint density at radius 1 is 1.15 bits per heavy atom. The van der Waals surface area contributed by atoms with Gasteiger partial charge in [-0.15, -0.1) is 0 Å². The molecule has 2 aliphatic rings. The minimum Gasteiger partial charge on any atom is -0.396 e. The monoisotopic (exact) mass is 183 g/mol. The van der Waals surface area contributed by atoms with Gasteiger partial charge in [-0.1, -0.05) is 25.7 Å². The van der Waals surface area contributed by atoms with Crippen LogP contribution in [0.25, 0.3) is 0 Å². The lowest BCUT2D eigenvalue weighted by Gasteiger charge is -2.26. The second-order valence-electron chi connectivity index (χ2n) is 4.64. The van der Waals surface area contributed by atoms with Gasteiger partial charge in [0.15, 0.2) is 0 Å². The van der Waals surface area contributed by atoms with Gasteiger partial charge in [0.25, 0.3) is 0 Å². The Hall–Kier alpha value is -0.0800. The highest BCUT2D eigenvalue weighted by molar-refractivity contribution is 4.84. The fourth-order valence-corrected chi connectivity index (χ4v) is 3.11. The molecule has 1 aliphatic heterocycles. The Balaban J connectivity index is 1.90. The van der Waals surface area contributed by atoms with E-state index in [0.717, 1.165) is 24.9 Å². The molecule has 0 aromatic heterocycles. The quantitative estimate of drug-likeness (QED) is 0.693. The lowest BCUT2D eigenvalue weighted by molar-refractivity contribution is 0.129. The first-order valence-electron chi connectivity index (χ1n) is 5.73. The van der Waals surface area contributed by atoms with Crippen LogP contribution in [-0.2, 0) is 0 Å². The van der Waals surface area contributed by atoms with Crippen LogP contribution in [0.5, 0.6) is 0 Å². The van der Waals surface area contributed by atoms with E-state index in [2.05, 4.69) is 5.32 Å². The van der Waals surface area contributed by atoms with Crippen molar-refractivity contribution < 1.29 is 5.11 Å². The summed E-state index contributed by atoms with van der Waals surface area (Å²) >= 11 is 0. The lowest BCUT2D eigenvalue weighted by Crippen LogP contribution is -2.27. The summed E-state index contributed by atoms with van der Waals surface area (Å²) in [6, 6.07) is 0. The van der Waals surface area contributed by atoms with Crippen LogP contribution >= 0.6 is 0 Å².